The number of hydrogen-bond donors (Lipinski definition) is 4. The van der Waals surface area contributed by atoms with Crippen LogP contribution in [0.5, 0.6) is 17.4 Å². The zero-order valence-corrected chi connectivity index (χ0v) is 34.2. The summed E-state index contributed by atoms with van der Waals surface area (Å²) in [7, 11) is 3.22. The molecule has 0 bridgehead atoms. The second-order valence-corrected chi connectivity index (χ2v) is 14.4. The zero-order valence-electron chi connectivity index (χ0n) is 34.2. The molecule has 4 N–H and O–H groups in total. The first-order chi connectivity index (χ1) is 29.0. The number of nitrogens with one attached hydrogen (secondary N) is 4. The van der Waals surface area contributed by atoms with Gasteiger partial charge in [0, 0.05) is 65.0 Å². The van der Waals surface area contributed by atoms with Crippen molar-refractivity contribution < 1.29 is 33.3 Å². The van der Waals surface area contributed by atoms with Crippen LogP contribution in [0.2, 0.25) is 0 Å². The molecule has 0 saturated carbocycles. The van der Waals surface area contributed by atoms with Gasteiger partial charge >= 0.3 is 6.03 Å². The average molecular weight is 813 g/mol. The van der Waals surface area contributed by atoms with Crippen LogP contribution in [0.1, 0.15) is 42.4 Å². The van der Waals surface area contributed by atoms with Crippen LogP contribution in [0.25, 0.3) is 16.5 Å². The van der Waals surface area contributed by atoms with E-state index in [1.54, 1.807) is 61.5 Å². The third-order valence-electron chi connectivity index (χ3n) is 8.97. The molecule has 0 aliphatic rings. The first-order valence-electron chi connectivity index (χ1n) is 19.2. The molecule has 15 nitrogen and oxygen atoms in total. The molecule has 0 fully saturated rings. The molecule has 60 heavy (non-hydrogen) atoms. The SMILES string of the molecule is C#Cc1cc(Nc2nccc(Oc3ccc(NC(=O)Nc4cc(C(C)(C)C)nn4-c4ccc(OC)cc4)c4ccccc34)n2)cc(C(=O)NCCOCCOCCOC)c1. The molecular formula is C45H48N8O7. The number of ether oxygens (including phenoxy) is 5. The summed E-state index contributed by atoms with van der Waals surface area (Å²) >= 11 is 0. The lowest BCUT2D eigenvalue weighted by Crippen LogP contribution is -2.27. The van der Waals surface area contributed by atoms with Crippen molar-refractivity contribution in [1.29, 1.82) is 0 Å². The van der Waals surface area contributed by atoms with Crippen LogP contribution >= 0.6 is 0 Å². The number of anilines is 4. The fraction of sp³-hybridized carbons (Fsp3) is 0.267. The van der Waals surface area contributed by atoms with Gasteiger partial charge in [-0.1, -0.05) is 51.0 Å². The number of rotatable bonds is 18. The minimum absolute atomic E-state index is 0.219. The van der Waals surface area contributed by atoms with Crippen molar-refractivity contribution in [3.05, 3.63) is 114 Å². The summed E-state index contributed by atoms with van der Waals surface area (Å²) in [6, 6.07) is 26.6. The van der Waals surface area contributed by atoms with E-state index in [2.05, 4.69) is 57.9 Å². The van der Waals surface area contributed by atoms with Crippen LogP contribution in [0.3, 0.4) is 0 Å². The molecule has 2 heterocycles. The molecule has 15 heteroatoms. The molecule has 0 unspecified atom stereocenters. The highest BCUT2D eigenvalue weighted by Crippen LogP contribution is 2.35. The van der Waals surface area contributed by atoms with E-state index in [0.29, 0.717) is 79.4 Å². The van der Waals surface area contributed by atoms with E-state index < -0.39 is 6.03 Å². The summed E-state index contributed by atoms with van der Waals surface area (Å²) in [4.78, 5) is 35.5. The van der Waals surface area contributed by atoms with Crippen molar-refractivity contribution in [1.82, 2.24) is 25.1 Å². The van der Waals surface area contributed by atoms with E-state index in [9.17, 15) is 9.59 Å². The molecule has 0 radical (unpaired) electrons. The topological polar surface area (TPSA) is 172 Å². The predicted octanol–water partition coefficient (Wildman–Crippen LogP) is 7.69. The summed E-state index contributed by atoms with van der Waals surface area (Å²) in [5.74, 6) is 4.47. The molecule has 310 valence electrons. The van der Waals surface area contributed by atoms with Gasteiger partial charge in [0.25, 0.3) is 5.91 Å². The van der Waals surface area contributed by atoms with Crippen molar-refractivity contribution in [2.45, 2.75) is 26.2 Å². The quantitative estimate of drug-likeness (QED) is 0.0495. The van der Waals surface area contributed by atoms with Gasteiger partial charge < -0.3 is 39.6 Å². The highest BCUT2D eigenvalue weighted by molar-refractivity contribution is 6.07. The summed E-state index contributed by atoms with van der Waals surface area (Å²) in [5, 5.41) is 18.2. The third kappa shape index (κ3) is 11.4. The molecule has 0 atom stereocenters. The molecule has 6 aromatic rings. The molecule has 0 spiro atoms. The Morgan fingerprint density at radius 2 is 1.58 bits per heavy atom. The van der Waals surface area contributed by atoms with E-state index in [-0.39, 0.29) is 23.2 Å². The van der Waals surface area contributed by atoms with Crippen molar-refractivity contribution >= 4 is 45.9 Å². The summed E-state index contributed by atoms with van der Waals surface area (Å²) in [6.45, 7) is 8.67. The molecular weight excluding hydrogens is 765 g/mol. The third-order valence-corrected chi connectivity index (χ3v) is 8.97. The fourth-order valence-electron chi connectivity index (χ4n) is 5.91. The Labute approximate surface area is 348 Å². The Balaban J connectivity index is 1.12. The van der Waals surface area contributed by atoms with E-state index in [1.165, 1.54) is 0 Å². The Bertz CT molecular complexity index is 2460. The monoisotopic (exact) mass is 812 g/mol. The Kier molecular flexibility index (Phi) is 14.3. The van der Waals surface area contributed by atoms with Crippen LogP contribution in [0.4, 0.5) is 27.9 Å². The zero-order chi connectivity index (χ0) is 42.5. The maximum atomic E-state index is 13.6. The molecule has 0 aliphatic heterocycles. The lowest BCUT2D eigenvalue weighted by molar-refractivity contribution is 0.0255. The number of aromatic nitrogens is 4. The second kappa shape index (κ2) is 20.1. The van der Waals surface area contributed by atoms with Gasteiger partial charge in [0.15, 0.2) is 0 Å². The van der Waals surface area contributed by atoms with Crippen LogP contribution in [-0.4, -0.2) is 85.5 Å². The molecule has 0 aliphatic carbocycles. The van der Waals surface area contributed by atoms with Crippen molar-refractivity contribution in [3.63, 3.8) is 0 Å². The number of amides is 3. The maximum Gasteiger partial charge on any atom is 0.324 e. The smallest absolute Gasteiger partial charge is 0.324 e. The molecule has 6 rings (SSSR count). The summed E-state index contributed by atoms with van der Waals surface area (Å²) in [5.41, 5.74) is 3.24. The van der Waals surface area contributed by atoms with Crippen LogP contribution in [0.15, 0.2) is 97.2 Å². The number of terminal acetylenes is 1. The minimum Gasteiger partial charge on any atom is -0.497 e. The highest BCUT2D eigenvalue weighted by Gasteiger charge is 2.22. The molecule has 3 amide bonds. The second-order valence-electron chi connectivity index (χ2n) is 14.4. The lowest BCUT2D eigenvalue weighted by atomic mass is 9.92. The Hall–Kier alpha value is -6.99. The largest absolute Gasteiger partial charge is 0.497 e. The van der Waals surface area contributed by atoms with Gasteiger partial charge in [0.1, 0.15) is 17.3 Å². The predicted molar refractivity (Wildman–Crippen MR) is 231 cm³/mol. The number of nitrogens with zero attached hydrogens (tertiary/aromatic N) is 4. The van der Waals surface area contributed by atoms with Crippen molar-refractivity contribution in [3.8, 4) is 35.4 Å². The van der Waals surface area contributed by atoms with Crippen LogP contribution in [-0.2, 0) is 19.6 Å². The number of hydrogen-bond acceptors (Lipinski definition) is 11. The number of urea groups is 1. The highest BCUT2D eigenvalue weighted by atomic mass is 16.5. The lowest BCUT2D eigenvalue weighted by Gasteiger charge is -2.14. The van der Waals surface area contributed by atoms with Gasteiger partial charge in [-0.2, -0.15) is 10.1 Å². The average Bonchev–Trinajstić information content (AvgIpc) is 3.68. The van der Waals surface area contributed by atoms with Gasteiger partial charge in [-0.15, -0.1) is 6.42 Å². The van der Waals surface area contributed by atoms with Gasteiger partial charge in [-0.25, -0.2) is 14.5 Å². The van der Waals surface area contributed by atoms with Gasteiger partial charge in [-0.3, -0.25) is 10.1 Å². The number of fused-ring (bicyclic) bond motifs is 1. The molecule has 0 saturated heterocycles. The summed E-state index contributed by atoms with van der Waals surface area (Å²) in [6.07, 6.45) is 7.28. The molecule has 2 aromatic heterocycles. The number of methoxy groups -OCH3 is 2. The number of carbonyl (C=O) groups excluding carboxylic acids is 2. The Morgan fingerprint density at radius 1 is 0.833 bits per heavy atom. The van der Waals surface area contributed by atoms with E-state index in [0.717, 1.165) is 22.2 Å². The molecule has 4 aromatic carbocycles. The van der Waals surface area contributed by atoms with Crippen molar-refractivity contribution in [2.75, 3.05) is 69.7 Å². The standard InChI is InChI=1S/C45H48N8O7/c1-7-30-26-31(42(54)46-20-21-58-24-25-59-23-22-56-5)28-32(27-30)48-43-47-19-18-41(51-43)60-38-17-16-37(35-10-8-9-11-36(35)38)49-44(55)50-40-29-39(45(2,3)4)52-53(40)33-12-14-34(57-6)15-13-33/h1,8-19,26-29H,20-25H2,2-6H3,(H,46,54)(H,47,48,51)(H2,49,50,55). The van der Waals surface area contributed by atoms with Crippen LogP contribution in [0, 0.1) is 12.3 Å². The van der Waals surface area contributed by atoms with Gasteiger partial charge in [0.2, 0.25) is 11.8 Å². The van der Waals surface area contributed by atoms with Crippen molar-refractivity contribution in [2.24, 2.45) is 0 Å². The van der Waals surface area contributed by atoms with Gasteiger partial charge in [0.05, 0.1) is 57.2 Å². The number of carbonyl (C=O) groups is 2. The fourth-order valence-corrected chi connectivity index (χ4v) is 5.91. The van der Waals surface area contributed by atoms with Crippen LogP contribution < -0.4 is 30.7 Å². The minimum atomic E-state index is -0.449. The number of benzene rings is 4. The Morgan fingerprint density at radius 3 is 2.32 bits per heavy atom. The normalized spacial score (nSPS) is 11.1. The van der Waals surface area contributed by atoms with Gasteiger partial charge in [-0.05, 0) is 54.6 Å². The first kappa shape index (κ1) is 42.6. The first-order valence-corrected chi connectivity index (χ1v) is 19.2. The van der Waals surface area contributed by atoms with E-state index in [1.807, 2.05) is 54.6 Å². The van der Waals surface area contributed by atoms with E-state index in [4.69, 9.17) is 35.2 Å². The summed E-state index contributed by atoms with van der Waals surface area (Å²) < 4.78 is 29.1. The van der Waals surface area contributed by atoms with E-state index >= 15 is 0 Å². The maximum absolute atomic E-state index is 13.6.